The third-order valence-corrected chi connectivity index (χ3v) is 10.0. The molecule has 1 aromatic carbocycles. The summed E-state index contributed by atoms with van der Waals surface area (Å²) < 4.78 is 24.3. The molecule has 2 aliphatic heterocycles. The number of thioether (sulfide) groups is 1. The van der Waals surface area contributed by atoms with Gasteiger partial charge in [-0.1, -0.05) is 29.8 Å². The van der Waals surface area contributed by atoms with Crippen LogP contribution in [0.3, 0.4) is 0 Å². The van der Waals surface area contributed by atoms with Crippen molar-refractivity contribution < 1.29 is 8.42 Å². The lowest BCUT2D eigenvalue weighted by molar-refractivity contribution is 0.372. The van der Waals surface area contributed by atoms with E-state index in [4.69, 9.17) is 10.7 Å². The normalized spacial score (nSPS) is 28.4. The molecule has 4 nitrogen and oxygen atoms in total. The summed E-state index contributed by atoms with van der Waals surface area (Å²) in [5.41, 5.74) is 8.95. The van der Waals surface area contributed by atoms with Crippen molar-refractivity contribution in [1.29, 1.82) is 0 Å². The van der Waals surface area contributed by atoms with Crippen LogP contribution in [0.2, 0.25) is 0 Å². The lowest BCUT2D eigenvalue weighted by Crippen LogP contribution is -2.48. The summed E-state index contributed by atoms with van der Waals surface area (Å²) in [4.78, 5) is 5.90. The number of nitrogens with two attached hydrogens (primary N) is 1. The standard InChI is InChI=1S/C22H24N2O2S3/c1-3-6-16-7-4-8-17(11-16)18-12-19(27-13-18)21(2)14-22(28-20(23)24-21)9-5-10-29(25,26)15-22/h4,7-8,11-13H,5,9-10,14-15H2,1-2H3,(H2,23,24). The predicted molar refractivity (Wildman–Crippen MR) is 124 cm³/mol. The Kier molecular flexibility index (Phi) is 5.30. The van der Waals surface area contributed by atoms with E-state index in [2.05, 4.69) is 42.3 Å². The molecule has 2 N–H and O–H groups in total. The molecule has 2 atom stereocenters. The van der Waals surface area contributed by atoms with Gasteiger partial charge in [0, 0.05) is 15.2 Å². The van der Waals surface area contributed by atoms with Crippen LogP contribution in [0, 0.1) is 11.8 Å². The molecule has 4 rings (SSSR count). The Hall–Kier alpha value is -1.75. The first-order valence-electron chi connectivity index (χ1n) is 9.60. The Morgan fingerprint density at radius 1 is 1.24 bits per heavy atom. The summed E-state index contributed by atoms with van der Waals surface area (Å²) in [6, 6.07) is 10.4. The van der Waals surface area contributed by atoms with E-state index in [1.165, 1.54) is 11.8 Å². The first-order valence-corrected chi connectivity index (χ1v) is 13.1. The minimum absolute atomic E-state index is 0.187. The number of benzene rings is 1. The Bertz CT molecular complexity index is 1140. The molecule has 1 saturated heterocycles. The number of sulfone groups is 1. The Labute approximate surface area is 180 Å². The molecule has 2 aliphatic rings. The summed E-state index contributed by atoms with van der Waals surface area (Å²) >= 11 is 3.12. The van der Waals surface area contributed by atoms with Crippen molar-refractivity contribution in [2.75, 3.05) is 11.5 Å². The van der Waals surface area contributed by atoms with E-state index in [0.29, 0.717) is 18.0 Å². The van der Waals surface area contributed by atoms with Crippen LogP contribution in [0.5, 0.6) is 0 Å². The molecular weight excluding hydrogens is 420 g/mol. The molecule has 0 bridgehead atoms. The summed E-state index contributed by atoms with van der Waals surface area (Å²) in [5, 5.41) is 2.63. The fraction of sp³-hybridized carbons (Fsp3) is 0.409. The maximum atomic E-state index is 12.4. The van der Waals surface area contributed by atoms with Gasteiger partial charge in [-0.15, -0.1) is 17.3 Å². The summed E-state index contributed by atoms with van der Waals surface area (Å²) in [7, 11) is -3.04. The van der Waals surface area contributed by atoms with E-state index in [0.717, 1.165) is 28.0 Å². The van der Waals surface area contributed by atoms with Crippen molar-refractivity contribution in [2.24, 2.45) is 10.7 Å². The highest BCUT2D eigenvalue weighted by molar-refractivity contribution is 8.15. The van der Waals surface area contributed by atoms with Crippen molar-refractivity contribution in [3.8, 4) is 23.0 Å². The number of rotatable bonds is 2. The topological polar surface area (TPSA) is 72.5 Å². The van der Waals surface area contributed by atoms with Crippen molar-refractivity contribution in [3.05, 3.63) is 46.2 Å². The number of aliphatic imine (C=N–C) groups is 1. The molecular formula is C22H24N2O2S3. The molecule has 1 aromatic heterocycles. The monoisotopic (exact) mass is 444 g/mol. The number of hydrogen-bond acceptors (Lipinski definition) is 6. The van der Waals surface area contributed by atoms with E-state index in [-0.39, 0.29) is 16.3 Å². The number of amidine groups is 1. The molecule has 1 fully saturated rings. The van der Waals surface area contributed by atoms with Crippen LogP contribution in [0.15, 0.2) is 40.7 Å². The highest BCUT2D eigenvalue weighted by Gasteiger charge is 2.49. The Morgan fingerprint density at radius 3 is 2.83 bits per heavy atom. The summed E-state index contributed by atoms with van der Waals surface area (Å²) in [6.07, 6.45) is 2.24. The van der Waals surface area contributed by atoms with Gasteiger partial charge >= 0.3 is 0 Å². The molecule has 0 aliphatic carbocycles. The molecule has 3 heterocycles. The molecule has 29 heavy (non-hydrogen) atoms. The lowest BCUT2D eigenvalue weighted by atomic mass is 9.85. The number of hydrogen-bond donors (Lipinski definition) is 1. The van der Waals surface area contributed by atoms with Crippen LogP contribution in [0.1, 0.15) is 43.6 Å². The van der Waals surface area contributed by atoms with Gasteiger partial charge in [-0.2, -0.15) is 0 Å². The second-order valence-corrected chi connectivity index (χ2v) is 12.6. The van der Waals surface area contributed by atoms with Gasteiger partial charge < -0.3 is 5.73 Å². The van der Waals surface area contributed by atoms with Gasteiger partial charge in [-0.3, -0.25) is 4.99 Å². The summed E-state index contributed by atoms with van der Waals surface area (Å²) in [5.74, 6) is 6.51. The first-order chi connectivity index (χ1) is 13.7. The smallest absolute Gasteiger partial charge is 0.155 e. The highest BCUT2D eigenvalue weighted by Crippen LogP contribution is 2.51. The second kappa shape index (κ2) is 7.50. The van der Waals surface area contributed by atoms with Gasteiger partial charge in [0.1, 0.15) is 0 Å². The molecule has 0 radical (unpaired) electrons. The zero-order valence-corrected chi connectivity index (χ0v) is 19.0. The average molecular weight is 445 g/mol. The van der Waals surface area contributed by atoms with Crippen LogP contribution < -0.4 is 5.73 Å². The Balaban J connectivity index is 1.68. The van der Waals surface area contributed by atoms with Crippen LogP contribution in [-0.4, -0.2) is 29.8 Å². The van der Waals surface area contributed by atoms with Crippen molar-refractivity contribution in [1.82, 2.24) is 0 Å². The molecule has 152 valence electrons. The Morgan fingerprint density at radius 2 is 2.07 bits per heavy atom. The van der Waals surface area contributed by atoms with Crippen LogP contribution in [0.25, 0.3) is 11.1 Å². The molecule has 0 amide bonds. The van der Waals surface area contributed by atoms with E-state index in [1.54, 1.807) is 11.3 Å². The lowest BCUT2D eigenvalue weighted by Gasteiger charge is -2.44. The molecule has 1 spiro atoms. The second-order valence-electron chi connectivity index (χ2n) is 8.04. The fourth-order valence-electron chi connectivity index (χ4n) is 4.40. The SMILES string of the molecule is CC#Cc1cccc(-c2csc(C3(C)CC4(CCCS(=O)(=O)C4)SC(N)=N3)c2)c1. The minimum Gasteiger partial charge on any atom is -0.378 e. The van der Waals surface area contributed by atoms with Crippen molar-refractivity contribution in [3.63, 3.8) is 0 Å². The van der Waals surface area contributed by atoms with Gasteiger partial charge in [-0.05, 0) is 67.8 Å². The van der Waals surface area contributed by atoms with E-state index >= 15 is 0 Å². The predicted octanol–water partition coefficient (Wildman–Crippen LogP) is 4.40. The molecule has 2 aromatic rings. The minimum atomic E-state index is -3.04. The molecule has 0 saturated carbocycles. The van der Waals surface area contributed by atoms with Crippen molar-refractivity contribution >= 4 is 38.1 Å². The number of thiophene rings is 1. The zero-order valence-electron chi connectivity index (χ0n) is 16.6. The maximum absolute atomic E-state index is 12.4. The highest BCUT2D eigenvalue weighted by atomic mass is 32.2. The van der Waals surface area contributed by atoms with Gasteiger partial charge in [-0.25, -0.2) is 8.42 Å². The van der Waals surface area contributed by atoms with Gasteiger partial charge in [0.25, 0.3) is 0 Å². The van der Waals surface area contributed by atoms with E-state index in [1.807, 2.05) is 19.1 Å². The third-order valence-electron chi connectivity index (χ3n) is 5.51. The number of nitrogens with zero attached hydrogens (tertiary/aromatic N) is 1. The third kappa shape index (κ3) is 4.25. The van der Waals surface area contributed by atoms with Gasteiger partial charge in [0.15, 0.2) is 15.0 Å². The fourth-order valence-corrected chi connectivity index (χ4v) is 9.27. The molecule has 2 unspecified atom stereocenters. The quantitative estimate of drug-likeness (QED) is 0.697. The largest absolute Gasteiger partial charge is 0.378 e. The summed E-state index contributed by atoms with van der Waals surface area (Å²) in [6.45, 7) is 3.91. The van der Waals surface area contributed by atoms with Gasteiger partial charge in [0.05, 0.1) is 17.0 Å². The van der Waals surface area contributed by atoms with Crippen LogP contribution in [0.4, 0.5) is 0 Å². The van der Waals surface area contributed by atoms with E-state index < -0.39 is 15.4 Å². The maximum Gasteiger partial charge on any atom is 0.155 e. The average Bonchev–Trinajstić information content (AvgIpc) is 3.11. The van der Waals surface area contributed by atoms with E-state index in [9.17, 15) is 8.42 Å². The molecule has 7 heteroatoms. The first kappa shape index (κ1) is 20.5. The van der Waals surface area contributed by atoms with Gasteiger partial charge in [0.2, 0.25) is 0 Å². The van der Waals surface area contributed by atoms with Crippen molar-refractivity contribution in [2.45, 2.75) is 43.4 Å². The van der Waals surface area contributed by atoms with Crippen LogP contribution >= 0.6 is 23.1 Å². The zero-order chi connectivity index (χ0) is 20.7. The van der Waals surface area contributed by atoms with Crippen LogP contribution in [-0.2, 0) is 15.4 Å².